The molecule has 0 heterocycles. The van der Waals surface area contributed by atoms with Gasteiger partial charge in [-0.25, -0.2) is 0 Å². The van der Waals surface area contributed by atoms with Crippen LogP contribution in [0.3, 0.4) is 0 Å². The molecule has 0 saturated heterocycles. The summed E-state index contributed by atoms with van der Waals surface area (Å²) in [7, 11) is 0. The van der Waals surface area contributed by atoms with Gasteiger partial charge in [0.1, 0.15) is 4.75 Å². The van der Waals surface area contributed by atoms with E-state index in [-0.39, 0.29) is 12.0 Å². The molecule has 0 nitrogen and oxygen atoms in total. The molecule has 1 atom stereocenters. The summed E-state index contributed by atoms with van der Waals surface area (Å²) in [6.45, 7) is 5.48. The van der Waals surface area contributed by atoms with Gasteiger partial charge in [0.15, 0.2) is 0 Å². The lowest BCUT2D eigenvalue weighted by Gasteiger charge is -2.30. The van der Waals surface area contributed by atoms with Crippen molar-refractivity contribution in [2.45, 2.75) is 38.1 Å². The Morgan fingerprint density at radius 2 is 1.50 bits per heavy atom. The van der Waals surface area contributed by atoms with E-state index in [4.69, 9.17) is 0 Å². The molecule has 0 aromatic heterocycles. The van der Waals surface area contributed by atoms with Crippen molar-refractivity contribution in [3.8, 4) is 0 Å². The molecule has 0 N–H and O–H groups in total. The number of benzene rings is 1. The van der Waals surface area contributed by atoms with E-state index in [1.165, 1.54) is 19.1 Å². The summed E-state index contributed by atoms with van der Waals surface area (Å²) in [5.74, 6) is 0. The Kier molecular flexibility index (Phi) is 5.94. The number of hydrogen-bond acceptors (Lipinski definition) is 1. The Morgan fingerprint density at radius 3 is 1.81 bits per heavy atom. The molecule has 0 radical (unpaired) electrons. The van der Waals surface area contributed by atoms with E-state index in [0.29, 0.717) is 0 Å². The van der Waals surface area contributed by atoms with E-state index in [9.17, 15) is 13.2 Å². The zero-order valence-electron chi connectivity index (χ0n) is 9.67. The lowest BCUT2D eigenvalue weighted by molar-refractivity contribution is -0.162. The van der Waals surface area contributed by atoms with Crippen LogP contribution in [-0.4, -0.2) is 6.18 Å². The van der Waals surface area contributed by atoms with Gasteiger partial charge in [0.05, 0.1) is 0 Å². The molecule has 92 valence electrons. The molecule has 1 aromatic carbocycles. The summed E-state index contributed by atoms with van der Waals surface area (Å²) in [6, 6.07) is 7.75. The molecular formula is C12H17F3S. The molecule has 1 unspecified atom stereocenters. The lowest BCUT2D eigenvalue weighted by Crippen LogP contribution is -2.36. The summed E-state index contributed by atoms with van der Waals surface area (Å²) >= 11 is 3.76. The predicted molar refractivity (Wildman–Crippen MR) is 64.8 cm³/mol. The Balaban J connectivity index is 0.00000106. The number of halogens is 3. The van der Waals surface area contributed by atoms with Gasteiger partial charge in [0, 0.05) is 0 Å². The predicted octanol–water partition coefficient (Wildman–Crippen LogP) is 4.81. The van der Waals surface area contributed by atoms with Crippen LogP contribution in [0.2, 0.25) is 0 Å². The molecule has 4 heteroatoms. The first-order chi connectivity index (χ1) is 7.42. The van der Waals surface area contributed by atoms with Gasteiger partial charge in [-0.3, -0.25) is 0 Å². The summed E-state index contributed by atoms with van der Waals surface area (Å²) < 4.78 is 36.1. The normalized spacial score (nSPS) is 14.7. The van der Waals surface area contributed by atoms with Gasteiger partial charge >= 0.3 is 6.18 Å². The average molecular weight is 250 g/mol. The van der Waals surface area contributed by atoms with E-state index in [0.717, 1.165) is 0 Å². The van der Waals surface area contributed by atoms with Gasteiger partial charge in [-0.1, -0.05) is 51.1 Å². The van der Waals surface area contributed by atoms with Crippen LogP contribution in [0, 0.1) is 0 Å². The SMILES string of the molecule is CC.CCC(S)(c1ccccc1)C(F)(F)F. The number of alkyl halides is 3. The molecule has 0 bridgehead atoms. The smallest absolute Gasteiger partial charge is 0.169 e. The molecule has 0 saturated carbocycles. The fourth-order valence-electron chi connectivity index (χ4n) is 1.28. The van der Waals surface area contributed by atoms with E-state index in [2.05, 4.69) is 12.6 Å². The minimum Gasteiger partial charge on any atom is -0.169 e. The van der Waals surface area contributed by atoms with Crippen molar-refractivity contribution >= 4 is 12.6 Å². The standard InChI is InChI=1S/C10H11F3S.C2H6/c1-2-9(14,10(11,12)13)8-6-4-3-5-7-8;1-2/h3-7,14H,2H2,1H3;1-2H3. The lowest BCUT2D eigenvalue weighted by atomic mass is 9.95. The van der Waals surface area contributed by atoms with E-state index >= 15 is 0 Å². The monoisotopic (exact) mass is 250 g/mol. The first kappa shape index (κ1) is 15.4. The second kappa shape index (κ2) is 6.18. The minimum absolute atomic E-state index is 0.0797. The molecule has 0 aliphatic heterocycles. The Hall–Kier alpha value is -0.640. The first-order valence-electron chi connectivity index (χ1n) is 5.26. The Bertz CT molecular complexity index is 295. The number of hydrogen-bond donors (Lipinski definition) is 1. The maximum atomic E-state index is 12.7. The van der Waals surface area contributed by atoms with Crippen molar-refractivity contribution in [1.82, 2.24) is 0 Å². The van der Waals surface area contributed by atoms with Gasteiger partial charge in [-0.15, -0.1) is 0 Å². The fraction of sp³-hybridized carbons (Fsp3) is 0.500. The molecule has 0 aliphatic rings. The maximum Gasteiger partial charge on any atom is 0.406 e. The Morgan fingerprint density at radius 1 is 1.06 bits per heavy atom. The third kappa shape index (κ3) is 3.17. The quantitative estimate of drug-likeness (QED) is 0.715. The van der Waals surface area contributed by atoms with Crippen LogP contribution in [0.4, 0.5) is 13.2 Å². The number of rotatable bonds is 2. The summed E-state index contributed by atoms with van der Waals surface area (Å²) in [6.07, 6.45) is -4.41. The third-order valence-corrected chi connectivity index (χ3v) is 3.06. The summed E-state index contributed by atoms with van der Waals surface area (Å²) in [4.78, 5) is 0. The molecule has 0 fully saturated rings. The molecule has 0 amide bonds. The van der Waals surface area contributed by atoms with Gasteiger partial charge in [-0.2, -0.15) is 25.8 Å². The molecule has 16 heavy (non-hydrogen) atoms. The second-order valence-corrected chi connectivity index (χ2v) is 3.84. The van der Waals surface area contributed by atoms with Crippen molar-refractivity contribution in [2.75, 3.05) is 0 Å². The fourth-order valence-corrected chi connectivity index (χ4v) is 1.43. The molecule has 1 rings (SSSR count). The van der Waals surface area contributed by atoms with Crippen molar-refractivity contribution in [1.29, 1.82) is 0 Å². The molecular weight excluding hydrogens is 233 g/mol. The summed E-state index contributed by atoms with van der Waals surface area (Å²) in [5.41, 5.74) is 0.193. The van der Waals surface area contributed by atoms with Crippen LogP contribution in [0.25, 0.3) is 0 Å². The molecule has 0 aliphatic carbocycles. The highest BCUT2D eigenvalue weighted by atomic mass is 32.1. The van der Waals surface area contributed by atoms with Crippen LogP contribution >= 0.6 is 12.6 Å². The van der Waals surface area contributed by atoms with Crippen LogP contribution in [0.5, 0.6) is 0 Å². The van der Waals surface area contributed by atoms with Crippen molar-refractivity contribution in [3.05, 3.63) is 35.9 Å². The zero-order chi connectivity index (χ0) is 12.8. The van der Waals surface area contributed by atoms with E-state index < -0.39 is 10.9 Å². The zero-order valence-corrected chi connectivity index (χ0v) is 10.6. The van der Waals surface area contributed by atoms with Crippen LogP contribution in [-0.2, 0) is 4.75 Å². The van der Waals surface area contributed by atoms with Crippen molar-refractivity contribution < 1.29 is 13.2 Å². The third-order valence-electron chi connectivity index (χ3n) is 2.23. The highest BCUT2D eigenvalue weighted by molar-refractivity contribution is 7.81. The second-order valence-electron chi connectivity index (χ2n) is 3.08. The van der Waals surface area contributed by atoms with Gasteiger partial charge in [-0.05, 0) is 12.0 Å². The van der Waals surface area contributed by atoms with E-state index in [1.807, 2.05) is 13.8 Å². The first-order valence-corrected chi connectivity index (χ1v) is 5.71. The minimum atomic E-state index is -4.33. The largest absolute Gasteiger partial charge is 0.406 e. The van der Waals surface area contributed by atoms with Crippen LogP contribution in [0.15, 0.2) is 30.3 Å². The molecule has 1 aromatic rings. The van der Waals surface area contributed by atoms with Crippen LogP contribution < -0.4 is 0 Å². The number of thiol groups is 1. The van der Waals surface area contributed by atoms with Crippen LogP contribution in [0.1, 0.15) is 32.8 Å². The molecule has 0 spiro atoms. The van der Waals surface area contributed by atoms with Gasteiger partial charge in [0.2, 0.25) is 0 Å². The topological polar surface area (TPSA) is 0 Å². The van der Waals surface area contributed by atoms with Crippen molar-refractivity contribution in [3.63, 3.8) is 0 Å². The van der Waals surface area contributed by atoms with Gasteiger partial charge in [0.25, 0.3) is 0 Å². The van der Waals surface area contributed by atoms with E-state index in [1.54, 1.807) is 18.2 Å². The maximum absolute atomic E-state index is 12.7. The van der Waals surface area contributed by atoms with Gasteiger partial charge < -0.3 is 0 Å². The highest BCUT2D eigenvalue weighted by Gasteiger charge is 2.51. The average Bonchev–Trinajstić information content (AvgIpc) is 2.30. The van der Waals surface area contributed by atoms with Crippen molar-refractivity contribution in [2.24, 2.45) is 0 Å². The highest BCUT2D eigenvalue weighted by Crippen LogP contribution is 2.46. The Labute approximate surface area is 100 Å². The summed E-state index contributed by atoms with van der Waals surface area (Å²) in [5, 5.41) is 0.